The van der Waals surface area contributed by atoms with Crippen molar-refractivity contribution in [3.63, 3.8) is 0 Å². The molecule has 1 aliphatic rings. The van der Waals surface area contributed by atoms with Crippen LogP contribution in [-0.2, 0) is 10.3 Å². The van der Waals surface area contributed by atoms with Crippen molar-refractivity contribution in [1.29, 1.82) is 0 Å². The minimum Gasteiger partial charge on any atom is -0.383 e. The maximum absolute atomic E-state index is 10.6. The molecule has 0 saturated heterocycles. The zero-order valence-corrected chi connectivity index (χ0v) is 20.6. The molecule has 1 fully saturated rings. The Morgan fingerprint density at radius 2 is 2.00 bits per heavy atom. The summed E-state index contributed by atoms with van der Waals surface area (Å²) in [4.78, 5) is 4.56. The van der Waals surface area contributed by atoms with Crippen molar-refractivity contribution in [3.8, 4) is 0 Å². The van der Waals surface area contributed by atoms with Gasteiger partial charge in [-0.1, -0.05) is 25.7 Å². The van der Waals surface area contributed by atoms with E-state index in [2.05, 4.69) is 22.5 Å². The Balaban J connectivity index is 0.00000392. The summed E-state index contributed by atoms with van der Waals surface area (Å²) in [6.07, 6.45) is 10.5. The summed E-state index contributed by atoms with van der Waals surface area (Å²) in [5.41, 5.74) is -0.0164. The third-order valence-electron chi connectivity index (χ3n) is 5.05. The second-order valence-electron chi connectivity index (χ2n) is 7.60. The summed E-state index contributed by atoms with van der Waals surface area (Å²) in [6, 6.07) is 1.95. The van der Waals surface area contributed by atoms with Crippen LogP contribution in [0.15, 0.2) is 21.8 Å². The van der Waals surface area contributed by atoms with E-state index in [9.17, 15) is 5.11 Å². The van der Waals surface area contributed by atoms with E-state index >= 15 is 0 Å². The number of halogens is 1. The first kappa shape index (κ1) is 25.7. The lowest BCUT2D eigenvalue weighted by Gasteiger charge is -2.21. The molecule has 1 aromatic rings. The topological polar surface area (TPSA) is 65.9 Å². The van der Waals surface area contributed by atoms with Gasteiger partial charge in [0.1, 0.15) is 5.60 Å². The number of aliphatic imine (C=N–C) groups is 1. The van der Waals surface area contributed by atoms with Crippen LogP contribution in [0.2, 0.25) is 0 Å². The van der Waals surface area contributed by atoms with E-state index in [-0.39, 0.29) is 24.0 Å². The average Bonchev–Trinajstić information content (AvgIpc) is 3.09. The molecule has 0 amide bonds. The first-order chi connectivity index (χ1) is 13.1. The number of hydrogen-bond acceptors (Lipinski definition) is 4. The summed E-state index contributed by atoms with van der Waals surface area (Å²) < 4.78 is 6.05. The Kier molecular flexibility index (Phi) is 13.4. The molecule has 162 valence electrons. The van der Waals surface area contributed by atoms with Gasteiger partial charge in [0.2, 0.25) is 0 Å². The van der Waals surface area contributed by atoms with E-state index in [1.54, 1.807) is 11.3 Å². The van der Waals surface area contributed by atoms with Gasteiger partial charge in [-0.15, -0.1) is 24.0 Å². The molecule has 0 aliphatic heterocycles. The molecule has 1 saturated carbocycles. The number of unbranched alkanes of at least 4 members (excludes halogenated alkanes) is 1. The zero-order chi connectivity index (χ0) is 19.4. The van der Waals surface area contributed by atoms with E-state index < -0.39 is 5.60 Å². The van der Waals surface area contributed by atoms with Crippen molar-refractivity contribution in [2.45, 2.75) is 76.9 Å². The molecule has 1 aliphatic carbocycles. The molecule has 2 rings (SSSR count). The molecular formula is C21H38IN3O2S. The molecular weight excluding hydrogens is 485 g/mol. The summed E-state index contributed by atoms with van der Waals surface area (Å²) in [5, 5.41) is 21.2. The van der Waals surface area contributed by atoms with Gasteiger partial charge >= 0.3 is 0 Å². The molecule has 1 unspecified atom stereocenters. The number of guanidine groups is 1. The van der Waals surface area contributed by atoms with Crippen LogP contribution < -0.4 is 10.6 Å². The van der Waals surface area contributed by atoms with Gasteiger partial charge in [-0.05, 0) is 61.9 Å². The Labute approximate surface area is 191 Å². The molecule has 7 heteroatoms. The van der Waals surface area contributed by atoms with E-state index in [0.717, 1.165) is 44.1 Å². The number of ether oxygens (including phenoxy) is 1. The number of nitrogens with zero attached hydrogens (tertiary/aromatic N) is 1. The quantitative estimate of drug-likeness (QED) is 0.137. The maximum Gasteiger partial charge on any atom is 0.191 e. The Bertz CT molecular complexity index is 530. The van der Waals surface area contributed by atoms with Crippen molar-refractivity contribution in [1.82, 2.24) is 10.6 Å². The molecule has 0 radical (unpaired) electrons. The van der Waals surface area contributed by atoms with Crippen LogP contribution in [0.4, 0.5) is 0 Å². The lowest BCUT2D eigenvalue weighted by Crippen LogP contribution is -2.39. The van der Waals surface area contributed by atoms with Crippen molar-refractivity contribution in [2.75, 3.05) is 26.2 Å². The SMILES string of the molecule is CCNC(=NCC(C)(O)c1ccsc1)NCCCCOC1CCCCCC1.I. The van der Waals surface area contributed by atoms with Crippen LogP contribution in [0.5, 0.6) is 0 Å². The number of nitrogens with one attached hydrogen (secondary N) is 2. The fourth-order valence-corrected chi connectivity index (χ4v) is 4.11. The average molecular weight is 524 g/mol. The first-order valence-corrected chi connectivity index (χ1v) is 11.4. The number of aliphatic hydroxyl groups is 1. The van der Waals surface area contributed by atoms with Crippen molar-refractivity contribution < 1.29 is 9.84 Å². The summed E-state index contributed by atoms with van der Waals surface area (Å²) in [5.74, 6) is 0.762. The molecule has 5 nitrogen and oxygen atoms in total. The molecule has 1 heterocycles. The monoisotopic (exact) mass is 523 g/mol. The van der Waals surface area contributed by atoms with Crippen molar-refractivity contribution in [2.24, 2.45) is 4.99 Å². The third kappa shape index (κ3) is 9.89. The Hall–Kier alpha value is -0.380. The largest absolute Gasteiger partial charge is 0.383 e. The Morgan fingerprint density at radius 3 is 2.64 bits per heavy atom. The van der Waals surface area contributed by atoms with Gasteiger partial charge in [-0.3, -0.25) is 0 Å². The third-order valence-corrected chi connectivity index (χ3v) is 5.73. The Morgan fingerprint density at radius 1 is 1.25 bits per heavy atom. The van der Waals surface area contributed by atoms with Gasteiger partial charge < -0.3 is 20.5 Å². The van der Waals surface area contributed by atoms with Gasteiger partial charge in [-0.2, -0.15) is 11.3 Å². The van der Waals surface area contributed by atoms with Gasteiger partial charge in [0.25, 0.3) is 0 Å². The summed E-state index contributed by atoms with van der Waals surface area (Å²) in [6.45, 7) is 6.72. The van der Waals surface area contributed by atoms with Crippen LogP contribution in [0.25, 0.3) is 0 Å². The smallest absolute Gasteiger partial charge is 0.191 e. The van der Waals surface area contributed by atoms with Crippen LogP contribution in [0.1, 0.15) is 70.8 Å². The minimum atomic E-state index is -0.936. The lowest BCUT2D eigenvalue weighted by molar-refractivity contribution is 0.0411. The zero-order valence-electron chi connectivity index (χ0n) is 17.4. The molecule has 1 atom stereocenters. The van der Waals surface area contributed by atoms with Gasteiger partial charge in [-0.25, -0.2) is 4.99 Å². The van der Waals surface area contributed by atoms with Crippen LogP contribution in [-0.4, -0.2) is 43.4 Å². The highest BCUT2D eigenvalue weighted by Crippen LogP contribution is 2.23. The molecule has 0 bridgehead atoms. The van der Waals surface area contributed by atoms with Crippen LogP contribution >= 0.6 is 35.3 Å². The predicted octanol–water partition coefficient (Wildman–Crippen LogP) is 4.65. The standard InChI is InChI=1S/C21H37N3O2S.HI/c1-3-22-20(24-17-21(2,25)18-12-15-27-16-18)23-13-8-9-14-26-19-10-6-4-5-7-11-19;/h12,15-16,19,25H,3-11,13-14,17H2,1-2H3,(H2,22,23,24);1H. The lowest BCUT2D eigenvalue weighted by atomic mass is 10.00. The van der Waals surface area contributed by atoms with Crippen LogP contribution in [0, 0.1) is 0 Å². The fraction of sp³-hybridized carbons (Fsp3) is 0.762. The highest BCUT2D eigenvalue weighted by atomic mass is 127. The molecule has 0 aromatic carbocycles. The van der Waals surface area contributed by atoms with Crippen LogP contribution in [0.3, 0.4) is 0 Å². The first-order valence-electron chi connectivity index (χ1n) is 10.5. The number of thiophene rings is 1. The second-order valence-corrected chi connectivity index (χ2v) is 8.38. The van der Waals surface area contributed by atoms with Gasteiger partial charge in [0.05, 0.1) is 12.6 Å². The molecule has 3 N–H and O–H groups in total. The van der Waals surface area contributed by atoms with Gasteiger partial charge in [0.15, 0.2) is 5.96 Å². The van der Waals surface area contributed by atoms with Crippen molar-refractivity contribution in [3.05, 3.63) is 22.4 Å². The number of hydrogen-bond donors (Lipinski definition) is 3. The van der Waals surface area contributed by atoms with Gasteiger partial charge in [0, 0.05) is 19.7 Å². The molecule has 1 aromatic heterocycles. The van der Waals surface area contributed by atoms with E-state index in [1.807, 2.05) is 23.8 Å². The normalized spacial score (nSPS) is 18.0. The number of rotatable bonds is 10. The summed E-state index contributed by atoms with van der Waals surface area (Å²) >= 11 is 1.59. The van der Waals surface area contributed by atoms with E-state index in [0.29, 0.717) is 12.6 Å². The maximum atomic E-state index is 10.6. The summed E-state index contributed by atoms with van der Waals surface area (Å²) in [7, 11) is 0. The predicted molar refractivity (Wildman–Crippen MR) is 130 cm³/mol. The fourth-order valence-electron chi connectivity index (χ4n) is 3.33. The second kappa shape index (κ2) is 14.6. The van der Waals surface area contributed by atoms with E-state index in [1.165, 1.54) is 38.5 Å². The molecule has 0 spiro atoms. The minimum absolute atomic E-state index is 0. The highest BCUT2D eigenvalue weighted by Gasteiger charge is 2.23. The molecule has 28 heavy (non-hydrogen) atoms. The van der Waals surface area contributed by atoms with Crippen molar-refractivity contribution >= 4 is 41.3 Å². The van der Waals surface area contributed by atoms with E-state index in [4.69, 9.17) is 4.74 Å². The highest BCUT2D eigenvalue weighted by molar-refractivity contribution is 14.0.